The molecule has 0 aromatic heterocycles. The number of hydrogen-bond acceptors (Lipinski definition) is 1. The number of aromatic carboxylic acids is 1. The van der Waals surface area contributed by atoms with Crippen molar-refractivity contribution < 1.29 is 9.90 Å². The maximum atomic E-state index is 11.2. The van der Waals surface area contributed by atoms with Crippen LogP contribution < -0.4 is 10.4 Å². The highest BCUT2D eigenvalue weighted by Crippen LogP contribution is 2.38. The van der Waals surface area contributed by atoms with Crippen molar-refractivity contribution in [1.82, 2.24) is 0 Å². The van der Waals surface area contributed by atoms with Crippen molar-refractivity contribution in [2.75, 3.05) is 0 Å². The standard InChI is InChI=1S/C24H26O2Si/c1-24(2,3)27(21-10-6-4-7-11-21,22-12-8-5-9-13-22)18-19-14-16-20(17-15-19)23(25)26/h4-17H,18H2,1-3H3,(H,25,26). The summed E-state index contributed by atoms with van der Waals surface area (Å²) in [6.07, 6.45) is 0. The summed E-state index contributed by atoms with van der Waals surface area (Å²) in [4.78, 5) is 11.2. The Morgan fingerprint density at radius 1 is 0.778 bits per heavy atom. The first-order valence-corrected chi connectivity index (χ1v) is 11.5. The molecule has 3 rings (SSSR count). The summed E-state index contributed by atoms with van der Waals surface area (Å²) in [6.45, 7) is 7.01. The molecule has 0 heterocycles. The van der Waals surface area contributed by atoms with Crippen LogP contribution in [-0.2, 0) is 6.04 Å². The molecule has 3 aromatic rings. The van der Waals surface area contributed by atoms with Gasteiger partial charge in [0, 0.05) is 0 Å². The largest absolute Gasteiger partial charge is 0.478 e. The Labute approximate surface area is 162 Å². The minimum atomic E-state index is -2.18. The van der Waals surface area contributed by atoms with E-state index in [1.165, 1.54) is 15.9 Å². The molecular weight excluding hydrogens is 348 g/mol. The van der Waals surface area contributed by atoms with Crippen molar-refractivity contribution in [2.45, 2.75) is 31.9 Å². The molecular formula is C24H26O2Si. The van der Waals surface area contributed by atoms with E-state index in [9.17, 15) is 9.90 Å². The Kier molecular flexibility index (Phi) is 5.33. The van der Waals surface area contributed by atoms with Gasteiger partial charge in [0.25, 0.3) is 0 Å². The molecule has 0 aliphatic heterocycles. The molecule has 1 N–H and O–H groups in total. The SMILES string of the molecule is CC(C)(C)[Si](Cc1ccc(C(=O)O)cc1)(c1ccccc1)c1ccccc1. The van der Waals surface area contributed by atoms with Gasteiger partial charge < -0.3 is 5.11 Å². The molecule has 0 unspecified atom stereocenters. The van der Waals surface area contributed by atoms with Crippen molar-refractivity contribution >= 4 is 24.4 Å². The van der Waals surface area contributed by atoms with E-state index < -0.39 is 14.0 Å². The predicted octanol–water partition coefficient (Wildman–Crippen LogP) is 4.53. The number of hydrogen-bond donors (Lipinski definition) is 1. The normalized spacial score (nSPS) is 12.0. The second-order valence-electron chi connectivity index (χ2n) is 8.07. The van der Waals surface area contributed by atoms with Crippen LogP contribution in [0.5, 0.6) is 0 Å². The van der Waals surface area contributed by atoms with E-state index >= 15 is 0 Å². The summed E-state index contributed by atoms with van der Waals surface area (Å²) >= 11 is 0. The molecule has 0 atom stereocenters. The molecule has 138 valence electrons. The topological polar surface area (TPSA) is 37.3 Å². The van der Waals surface area contributed by atoms with Gasteiger partial charge in [-0.25, -0.2) is 4.79 Å². The molecule has 0 radical (unpaired) electrons. The van der Waals surface area contributed by atoms with E-state index in [1.54, 1.807) is 12.1 Å². The number of carbonyl (C=O) groups is 1. The van der Waals surface area contributed by atoms with E-state index in [2.05, 4.69) is 81.4 Å². The lowest BCUT2D eigenvalue weighted by Crippen LogP contribution is -2.66. The van der Waals surface area contributed by atoms with Gasteiger partial charge in [0.2, 0.25) is 0 Å². The molecule has 3 aromatic carbocycles. The predicted molar refractivity (Wildman–Crippen MR) is 115 cm³/mol. The van der Waals surface area contributed by atoms with Gasteiger partial charge in [0.05, 0.1) is 5.56 Å². The molecule has 0 bridgehead atoms. The van der Waals surface area contributed by atoms with Gasteiger partial charge in [-0.3, -0.25) is 0 Å². The molecule has 0 saturated heterocycles. The summed E-state index contributed by atoms with van der Waals surface area (Å²) in [7, 11) is -2.18. The first-order chi connectivity index (χ1) is 12.8. The lowest BCUT2D eigenvalue weighted by atomic mass is 10.1. The minimum Gasteiger partial charge on any atom is -0.478 e. The molecule has 3 heteroatoms. The fourth-order valence-electron chi connectivity index (χ4n) is 4.02. The van der Waals surface area contributed by atoms with E-state index in [4.69, 9.17) is 0 Å². The van der Waals surface area contributed by atoms with Crippen molar-refractivity contribution in [2.24, 2.45) is 0 Å². The van der Waals surface area contributed by atoms with Gasteiger partial charge in [-0.15, -0.1) is 0 Å². The highest BCUT2D eigenvalue weighted by molar-refractivity contribution is 7.03. The van der Waals surface area contributed by atoms with Gasteiger partial charge in [-0.05, 0) is 28.8 Å². The average Bonchev–Trinajstić information content (AvgIpc) is 2.67. The van der Waals surface area contributed by atoms with Gasteiger partial charge in [0.15, 0.2) is 0 Å². The van der Waals surface area contributed by atoms with Crippen LogP contribution in [0, 0.1) is 0 Å². The monoisotopic (exact) mass is 374 g/mol. The third kappa shape index (κ3) is 3.74. The first-order valence-electron chi connectivity index (χ1n) is 9.28. The van der Waals surface area contributed by atoms with Crippen LogP contribution in [-0.4, -0.2) is 19.1 Å². The maximum Gasteiger partial charge on any atom is 0.335 e. The summed E-state index contributed by atoms with van der Waals surface area (Å²) in [5, 5.41) is 12.1. The van der Waals surface area contributed by atoms with Crippen LogP contribution in [0.2, 0.25) is 5.04 Å². The first kappa shape index (κ1) is 19.1. The van der Waals surface area contributed by atoms with Crippen LogP contribution in [0.4, 0.5) is 0 Å². The third-order valence-corrected chi connectivity index (χ3v) is 11.6. The zero-order valence-corrected chi connectivity index (χ0v) is 17.1. The van der Waals surface area contributed by atoms with Crippen molar-refractivity contribution in [1.29, 1.82) is 0 Å². The summed E-state index contributed by atoms with van der Waals surface area (Å²) in [5.41, 5.74) is 1.52. The van der Waals surface area contributed by atoms with Gasteiger partial charge in [0.1, 0.15) is 8.07 Å². The lowest BCUT2D eigenvalue weighted by molar-refractivity contribution is 0.0697. The highest BCUT2D eigenvalue weighted by atomic mass is 28.3. The molecule has 27 heavy (non-hydrogen) atoms. The van der Waals surface area contributed by atoms with Crippen LogP contribution >= 0.6 is 0 Å². The van der Waals surface area contributed by atoms with Crippen molar-refractivity contribution in [3.05, 3.63) is 96.1 Å². The molecule has 2 nitrogen and oxygen atoms in total. The summed E-state index contributed by atoms with van der Waals surface area (Å²) in [6, 6.07) is 30.0. The number of carboxylic acids is 1. The summed E-state index contributed by atoms with van der Waals surface area (Å²) in [5.74, 6) is -0.882. The third-order valence-electron chi connectivity index (χ3n) is 5.48. The molecule has 0 aliphatic rings. The minimum absolute atomic E-state index is 0.0845. The average molecular weight is 375 g/mol. The van der Waals surface area contributed by atoms with Crippen LogP contribution in [0.1, 0.15) is 36.7 Å². The molecule has 0 aliphatic carbocycles. The van der Waals surface area contributed by atoms with Gasteiger partial charge >= 0.3 is 5.97 Å². The summed E-state index contributed by atoms with van der Waals surface area (Å²) < 4.78 is 0. The van der Waals surface area contributed by atoms with E-state index in [1.807, 2.05) is 12.1 Å². The zero-order chi connectivity index (χ0) is 19.5. The quantitative estimate of drug-likeness (QED) is 0.666. The van der Waals surface area contributed by atoms with Gasteiger partial charge in [-0.2, -0.15) is 0 Å². The van der Waals surface area contributed by atoms with E-state index in [0.29, 0.717) is 5.56 Å². The zero-order valence-electron chi connectivity index (χ0n) is 16.1. The number of carboxylic acid groups (broad SMARTS) is 1. The van der Waals surface area contributed by atoms with Crippen LogP contribution in [0.3, 0.4) is 0 Å². The van der Waals surface area contributed by atoms with E-state index in [-0.39, 0.29) is 5.04 Å². The second kappa shape index (κ2) is 7.53. The molecule has 0 fully saturated rings. The Morgan fingerprint density at radius 3 is 1.59 bits per heavy atom. The highest BCUT2D eigenvalue weighted by Gasteiger charge is 2.47. The molecule has 0 amide bonds. The number of benzene rings is 3. The Bertz CT molecular complexity index is 855. The smallest absolute Gasteiger partial charge is 0.335 e. The van der Waals surface area contributed by atoms with Crippen LogP contribution in [0.25, 0.3) is 0 Å². The fourth-order valence-corrected chi connectivity index (χ4v) is 9.39. The Morgan fingerprint density at radius 2 is 1.22 bits per heavy atom. The van der Waals surface area contributed by atoms with Crippen molar-refractivity contribution in [3.8, 4) is 0 Å². The molecule has 0 saturated carbocycles. The second-order valence-corrected chi connectivity index (χ2v) is 12.9. The van der Waals surface area contributed by atoms with Crippen molar-refractivity contribution in [3.63, 3.8) is 0 Å². The Balaban J connectivity index is 2.19. The number of rotatable bonds is 5. The fraction of sp³-hybridized carbons (Fsp3) is 0.208. The molecule has 0 spiro atoms. The van der Waals surface area contributed by atoms with Crippen LogP contribution in [0.15, 0.2) is 84.9 Å². The maximum absolute atomic E-state index is 11.2. The lowest BCUT2D eigenvalue weighted by Gasteiger charge is -2.44. The van der Waals surface area contributed by atoms with Gasteiger partial charge in [-0.1, -0.05) is 104 Å². The Hall–Kier alpha value is -2.65. The van der Waals surface area contributed by atoms with E-state index in [0.717, 1.165) is 6.04 Å².